The Hall–Kier alpha value is -0.790. The van der Waals surface area contributed by atoms with E-state index in [0.29, 0.717) is 0 Å². The predicted octanol–water partition coefficient (Wildman–Crippen LogP) is -0.763. The second-order valence-corrected chi connectivity index (χ2v) is 2.03. The van der Waals surface area contributed by atoms with Crippen LogP contribution in [0.1, 0.15) is 0 Å². The molecule has 9 heavy (non-hydrogen) atoms. The van der Waals surface area contributed by atoms with Crippen LogP contribution in [0, 0.1) is 0 Å². The van der Waals surface area contributed by atoms with E-state index >= 15 is 0 Å². The minimum atomic E-state index is 0.926. The number of nitrogens with one attached hydrogen (secondary N) is 1. The van der Waals surface area contributed by atoms with E-state index in [9.17, 15) is 4.79 Å². The molecule has 1 fully saturated rings. The summed E-state index contributed by atoms with van der Waals surface area (Å²) >= 11 is 0. The van der Waals surface area contributed by atoms with Crippen molar-refractivity contribution in [2.24, 2.45) is 0 Å². The van der Waals surface area contributed by atoms with Crippen molar-refractivity contribution in [3.63, 3.8) is 0 Å². The monoisotopic (exact) mass is 126 g/mol. The van der Waals surface area contributed by atoms with Crippen LogP contribution in [0.25, 0.3) is 0 Å². The van der Waals surface area contributed by atoms with Crippen LogP contribution in [0.2, 0.25) is 0 Å². The van der Waals surface area contributed by atoms with Crippen LogP contribution in [0.3, 0.4) is 0 Å². The maximum absolute atomic E-state index is 9.83. The van der Waals surface area contributed by atoms with E-state index in [2.05, 4.69) is 5.32 Å². The summed E-state index contributed by atoms with van der Waals surface area (Å²) in [4.78, 5) is 11.8. The summed E-state index contributed by atoms with van der Waals surface area (Å²) in [5, 5.41) is 3.18. The fraction of sp³-hybridized carbons (Fsp3) is 0.667. The third-order valence-electron chi connectivity index (χ3n) is 1.39. The molecular weight excluding hydrogens is 116 g/mol. The average molecular weight is 126 g/mol. The van der Waals surface area contributed by atoms with Crippen molar-refractivity contribution in [1.82, 2.24) is 10.2 Å². The molecule has 3 nitrogen and oxygen atoms in total. The summed E-state index contributed by atoms with van der Waals surface area (Å²) in [5.41, 5.74) is 0. The highest BCUT2D eigenvalue weighted by atomic mass is 16.1. The molecule has 0 spiro atoms. The fourth-order valence-corrected chi connectivity index (χ4v) is 0.886. The maximum atomic E-state index is 9.83. The van der Waals surface area contributed by atoms with Crippen LogP contribution < -0.4 is 5.32 Å². The van der Waals surface area contributed by atoms with E-state index in [1.807, 2.05) is 4.90 Å². The van der Waals surface area contributed by atoms with E-state index in [1.165, 1.54) is 6.20 Å². The molecule has 1 saturated heterocycles. The summed E-state index contributed by atoms with van der Waals surface area (Å²) in [6.45, 7) is 3.79. The van der Waals surface area contributed by atoms with Crippen molar-refractivity contribution in [3.05, 3.63) is 6.20 Å². The minimum Gasteiger partial charge on any atom is -0.366 e. The average Bonchev–Trinajstić information content (AvgIpc) is 1.91. The van der Waals surface area contributed by atoms with E-state index in [1.54, 1.807) is 5.94 Å². The first-order valence-electron chi connectivity index (χ1n) is 3.09. The molecule has 1 rings (SSSR count). The first-order valence-corrected chi connectivity index (χ1v) is 3.09. The molecule has 1 heterocycles. The van der Waals surface area contributed by atoms with Gasteiger partial charge in [0.15, 0.2) is 0 Å². The van der Waals surface area contributed by atoms with Crippen LogP contribution in [-0.4, -0.2) is 37.0 Å². The number of hydrogen-bond acceptors (Lipinski definition) is 3. The lowest BCUT2D eigenvalue weighted by molar-refractivity contribution is 0.325. The molecule has 0 aromatic carbocycles. The lowest BCUT2D eigenvalue weighted by Crippen LogP contribution is -2.40. The van der Waals surface area contributed by atoms with Gasteiger partial charge in [-0.2, -0.15) is 0 Å². The minimum absolute atomic E-state index is 0.926. The van der Waals surface area contributed by atoms with Gasteiger partial charge >= 0.3 is 0 Å². The Morgan fingerprint density at radius 1 is 1.44 bits per heavy atom. The van der Waals surface area contributed by atoms with Gasteiger partial charge in [0.05, 0.1) is 6.20 Å². The Morgan fingerprint density at radius 3 is 2.67 bits per heavy atom. The van der Waals surface area contributed by atoms with Crippen molar-refractivity contribution in [3.8, 4) is 0 Å². The van der Waals surface area contributed by atoms with E-state index in [4.69, 9.17) is 0 Å². The third kappa shape index (κ3) is 1.88. The number of rotatable bonds is 1. The molecule has 1 N–H and O–H groups in total. The van der Waals surface area contributed by atoms with Gasteiger partial charge in [-0.25, -0.2) is 4.79 Å². The second-order valence-electron chi connectivity index (χ2n) is 2.03. The molecule has 3 heteroatoms. The largest absolute Gasteiger partial charge is 0.366 e. The van der Waals surface area contributed by atoms with E-state index in [-0.39, 0.29) is 0 Å². The first-order chi connectivity index (χ1) is 4.43. The number of carbonyl (C=O) groups excluding carboxylic acids is 1. The summed E-state index contributed by atoms with van der Waals surface area (Å²) < 4.78 is 0. The quantitative estimate of drug-likeness (QED) is 0.468. The smallest absolute Gasteiger partial charge is 0.142 e. The SMILES string of the molecule is O=C=CN1CCNCC1. The highest BCUT2D eigenvalue weighted by Crippen LogP contribution is 1.88. The molecule has 0 aromatic heterocycles. The van der Waals surface area contributed by atoms with Gasteiger partial charge in [-0.15, -0.1) is 0 Å². The molecule has 0 bridgehead atoms. The zero-order valence-electron chi connectivity index (χ0n) is 5.26. The van der Waals surface area contributed by atoms with Crippen molar-refractivity contribution in [1.29, 1.82) is 0 Å². The summed E-state index contributed by atoms with van der Waals surface area (Å²) in [6, 6.07) is 0. The first kappa shape index (κ1) is 6.33. The fourth-order valence-electron chi connectivity index (χ4n) is 0.886. The maximum Gasteiger partial charge on any atom is 0.142 e. The molecule has 0 amide bonds. The molecule has 0 radical (unpaired) electrons. The Bertz CT molecular complexity index is 123. The lowest BCUT2D eigenvalue weighted by atomic mass is 10.4. The van der Waals surface area contributed by atoms with E-state index in [0.717, 1.165) is 26.2 Å². The van der Waals surface area contributed by atoms with Crippen molar-refractivity contribution >= 4 is 5.94 Å². The van der Waals surface area contributed by atoms with Crippen molar-refractivity contribution < 1.29 is 4.79 Å². The van der Waals surface area contributed by atoms with Gasteiger partial charge < -0.3 is 10.2 Å². The molecular formula is C6H10N2O. The second kappa shape index (κ2) is 3.28. The Kier molecular flexibility index (Phi) is 2.31. The third-order valence-corrected chi connectivity index (χ3v) is 1.39. The van der Waals surface area contributed by atoms with Gasteiger partial charge in [0.1, 0.15) is 5.94 Å². The molecule has 0 aliphatic carbocycles. The zero-order valence-corrected chi connectivity index (χ0v) is 5.26. The summed E-state index contributed by atoms with van der Waals surface area (Å²) in [6.07, 6.45) is 1.47. The molecule has 0 atom stereocenters. The number of piperazine rings is 1. The van der Waals surface area contributed by atoms with Crippen molar-refractivity contribution in [2.45, 2.75) is 0 Å². The van der Waals surface area contributed by atoms with Gasteiger partial charge in [0.25, 0.3) is 0 Å². The number of hydrogen-bond donors (Lipinski definition) is 1. The topological polar surface area (TPSA) is 32.3 Å². The predicted molar refractivity (Wildman–Crippen MR) is 34.7 cm³/mol. The normalized spacial score (nSPS) is 18.9. The van der Waals surface area contributed by atoms with Gasteiger partial charge in [-0.3, -0.25) is 0 Å². The Labute approximate surface area is 54.3 Å². The van der Waals surface area contributed by atoms with Gasteiger partial charge in [-0.1, -0.05) is 0 Å². The standard InChI is InChI=1S/C6H10N2O/c9-6-5-8-3-1-7-2-4-8/h5,7H,1-4H2. The molecule has 0 aromatic rings. The molecule has 50 valence electrons. The molecule has 0 saturated carbocycles. The van der Waals surface area contributed by atoms with Gasteiger partial charge in [0, 0.05) is 26.2 Å². The lowest BCUT2D eigenvalue weighted by Gasteiger charge is -2.23. The summed E-state index contributed by atoms with van der Waals surface area (Å²) in [7, 11) is 0. The van der Waals surface area contributed by atoms with Crippen LogP contribution in [0.4, 0.5) is 0 Å². The van der Waals surface area contributed by atoms with Gasteiger partial charge in [0.2, 0.25) is 0 Å². The highest BCUT2D eigenvalue weighted by Gasteiger charge is 2.03. The number of nitrogens with zero attached hydrogens (tertiary/aromatic N) is 1. The Balaban J connectivity index is 2.31. The molecule has 1 aliphatic heterocycles. The molecule has 0 unspecified atom stereocenters. The van der Waals surface area contributed by atoms with Crippen LogP contribution >= 0.6 is 0 Å². The van der Waals surface area contributed by atoms with Crippen LogP contribution in [-0.2, 0) is 4.79 Å². The summed E-state index contributed by atoms with van der Waals surface area (Å²) in [5.74, 6) is 1.76. The van der Waals surface area contributed by atoms with Crippen LogP contribution in [0.5, 0.6) is 0 Å². The van der Waals surface area contributed by atoms with Gasteiger partial charge in [-0.05, 0) is 0 Å². The molecule has 1 aliphatic rings. The van der Waals surface area contributed by atoms with E-state index < -0.39 is 0 Å². The Morgan fingerprint density at radius 2 is 2.11 bits per heavy atom. The highest BCUT2D eigenvalue weighted by molar-refractivity contribution is 5.44. The van der Waals surface area contributed by atoms with Crippen molar-refractivity contribution in [2.75, 3.05) is 26.2 Å². The van der Waals surface area contributed by atoms with Crippen LogP contribution in [0.15, 0.2) is 6.20 Å². The zero-order chi connectivity index (χ0) is 6.53.